The monoisotopic (exact) mass is 293 g/mol. The van der Waals surface area contributed by atoms with Gasteiger partial charge in [0.25, 0.3) is 0 Å². The highest BCUT2D eigenvalue weighted by Crippen LogP contribution is 2.26. The largest absolute Gasteiger partial charge is 0.497 e. The first-order chi connectivity index (χ1) is 9.85. The molecule has 5 nitrogen and oxygen atoms in total. The van der Waals surface area contributed by atoms with Gasteiger partial charge in [0.1, 0.15) is 5.75 Å². The lowest BCUT2D eigenvalue weighted by molar-refractivity contribution is -0.120. The normalized spacial score (nSPS) is 14.2. The number of carbonyl (C=O) groups is 1. The Morgan fingerprint density at radius 1 is 1.24 bits per heavy atom. The van der Waals surface area contributed by atoms with Gasteiger partial charge in [0, 0.05) is 12.6 Å². The first kappa shape index (κ1) is 17.5. The number of hydrogen-bond donors (Lipinski definition) is 2. The number of rotatable bonds is 8. The lowest BCUT2D eigenvalue weighted by Crippen LogP contribution is -2.45. The van der Waals surface area contributed by atoms with Gasteiger partial charge in [0.05, 0.1) is 19.7 Å². The van der Waals surface area contributed by atoms with E-state index in [9.17, 15) is 4.79 Å². The highest BCUT2D eigenvalue weighted by Gasteiger charge is 2.26. The van der Waals surface area contributed by atoms with Gasteiger partial charge in [-0.15, -0.1) is 0 Å². The van der Waals surface area contributed by atoms with Gasteiger partial charge >= 0.3 is 0 Å². The van der Waals surface area contributed by atoms with Crippen molar-refractivity contribution in [3.63, 3.8) is 0 Å². The predicted octanol–water partition coefficient (Wildman–Crippen LogP) is 1.53. The second kappa shape index (κ2) is 8.00. The highest BCUT2D eigenvalue weighted by molar-refractivity contribution is 5.76. The molecule has 0 fully saturated rings. The number of nitrogens with two attached hydrogens (primary N) is 2. The number of carbonyl (C=O) groups excluding carboxylic acids is 1. The summed E-state index contributed by atoms with van der Waals surface area (Å²) >= 11 is 0. The smallest absolute Gasteiger partial charge is 0.231 e. The van der Waals surface area contributed by atoms with Crippen molar-refractivity contribution in [1.82, 2.24) is 4.90 Å². The predicted molar refractivity (Wildman–Crippen MR) is 85.0 cm³/mol. The Morgan fingerprint density at radius 3 is 2.19 bits per heavy atom. The zero-order valence-electron chi connectivity index (χ0n) is 13.4. The van der Waals surface area contributed by atoms with Gasteiger partial charge < -0.3 is 16.2 Å². The van der Waals surface area contributed by atoms with E-state index in [0.29, 0.717) is 5.92 Å². The average Bonchev–Trinajstić information content (AvgIpc) is 2.37. The summed E-state index contributed by atoms with van der Waals surface area (Å²) in [6, 6.07) is 7.62. The molecule has 0 aliphatic rings. The average molecular weight is 293 g/mol. The fourth-order valence-corrected chi connectivity index (χ4v) is 2.59. The molecule has 2 unspecified atom stereocenters. The molecular weight excluding hydrogens is 266 g/mol. The second-order valence-electron chi connectivity index (χ2n) is 5.87. The summed E-state index contributed by atoms with van der Waals surface area (Å²) in [4.78, 5) is 13.4. The Bertz CT molecular complexity index is 443. The van der Waals surface area contributed by atoms with E-state index in [1.54, 1.807) is 7.11 Å². The van der Waals surface area contributed by atoms with Gasteiger partial charge in [0.15, 0.2) is 0 Å². The number of nitrogens with zero attached hydrogens (tertiary/aromatic N) is 1. The minimum atomic E-state index is -0.338. The van der Waals surface area contributed by atoms with Crippen molar-refractivity contribution < 1.29 is 9.53 Å². The fraction of sp³-hybridized carbons (Fsp3) is 0.562. The molecule has 1 aromatic rings. The van der Waals surface area contributed by atoms with Gasteiger partial charge in [0.2, 0.25) is 5.91 Å². The van der Waals surface area contributed by atoms with Crippen LogP contribution in [0.4, 0.5) is 0 Å². The number of benzene rings is 1. The number of methoxy groups -OCH3 is 1. The third kappa shape index (κ3) is 5.36. The van der Waals surface area contributed by atoms with Crippen LogP contribution in [0.25, 0.3) is 0 Å². The minimum Gasteiger partial charge on any atom is -0.497 e. The SMILES string of the molecule is COc1ccc(C(C(C)N)N(CC(N)=O)CC(C)C)cc1. The molecule has 1 aromatic carbocycles. The quantitative estimate of drug-likeness (QED) is 0.761. The maximum atomic E-state index is 11.4. The van der Waals surface area contributed by atoms with Crippen molar-refractivity contribution in [3.8, 4) is 5.75 Å². The summed E-state index contributed by atoms with van der Waals surface area (Å²) in [5.41, 5.74) is 12.6. The van der Waals surface area contributed by atoms with Crippen LogP contribution in [-0.2, 0) is 4.79 Å². The number of amides is 1. The molecular formula is C16H27N3O2. The van der Waals surface area contributed by atoms with Gasteiger partial charge in [-0.05, 0) is 30.5 Å². The first-order valence-corrected chi connectivity index (χ1v) is 7.27. The van der Waals surface area contributed by atoms with E-state index in [4.69, 9.17) is 16.2 Å². The second-order valence-corrected chi connectivity index (χ2v) is 5.87. The van der Waals surface area contributed by atoms with Crippen LogP contribution in [0.15, 0.2) is 24.3 Å². The Kier molecular flexibility index (Phi) is 6.65. The van der Waals surface area contributed by atoms with E-state index in [1.165, 1.54) is 0 Å². The van der Waals surface area contributed by atoms with Crippen molar-refractivity contribution in [3.05, 3.63) is 29.8 Å². The Morgan fingerprint density at radius 2 is 1.81 bits per heavy atom. The van der Waals surface area contributed by atoms with E-state index >= 15 is 0 Å². The number of primary amides is 1. The van der Waals surface area contributed by atoms with Crippen molar-refractivity contribution in [2.75, 3.05) is 20.2 Å². The number of hydrogen-bond acceptors (Lipinski definition) is 4. The molecule has 0 saturated carbocycles. The fourth-order valence-electron chi connectivity index (χ4n) is 2.59. The topological polar surface area (TPSA) is 81.6 Å². The van der Waals surface area contributed by atoms with Crippen LogP contribution < -0.4 is 16.2 Å². The van der Waals surface area contributed by atoms with Crippen LogP contribution in [0, 0.1) is 5.92 Å². The molecule has 0 bridgehead atoms. The van der Waals surface area contributed by atoms with E-state index in [-0.39, 0.29) is 24.5 Å². The summed E-state index contributed by atoms with van der Waals surface area (Å²) < 4.78 is 5.18. The van der Waals surface area contributed by atoms with Gasteiger partial charge in [-0.25, -0.2) is 0 Å². The maximum Gasteiger partial charge on any atom is 0.231 e. The molecule has 0 spiro atoms. The molecule has 5 heteroatoms. The Balaban J connectivity index is 3.06. The Hall–Kier alpha value is -1.59. The van der Waals surface area contributed by atoms with Gasteiger partial charge in [-0.2, -0.15) is 0 Å². The minimum absolute atomic E-state index is 0.0502. The molecule has 2 atom stereocenters. The van der Waals surface area contributed by atoms with Crippen molar-refractivity contribution in [1.29, 1.82) is 0 Å². The Labute approximate surface area is 127 Å². The van der Waals surface area contributed by atoms with Crippen LogP contribution in [0.5, 0.6) is 5.75 Å². The number of ether oxygens (including phenoxy) is 1. The zero-order valence-corrected chi connectivity index (χ0v) is 13.4. The molecule has 21 heavy (non-hydrogen) atoms. The van der Waals surface area contributed by atoms with Crippen molar-refractivity contribution in [2.24, 2.45) is 17.4 Å². The van der Waals surface area contributed by atoms with E-state index in [1.807, 2.05) is 31.2 Å². The van der Waals surface area contributed by atoms with Crippen molar-refractivity contribution in [2.45, 2.75) is 32.9 Å². The standard InChI is InChI=1S/C16H27N3O2/c1-11(2)9-19(10-15(18)20)16(12(3)17)13-5-7-14(21-4)8-6-13/h5-8,11-12,16H,9-10,17H2,1-4H3,(H2,18,20). The van der Waals surface area contributed by atoms with E-state index < -0.39 is 0 Å². The molecule has 0 aliphatic heterocycles. The van der Waals surface area contributed by atoms with Crippen molar-refractivity contribution >= 4 is 5.91 Å². The third-order valence-corrected chi connectivity index (χ3v) is 3.31. The van der Waals surface area contributed by atoms with Crippen LogP contribution in [0.1, 0.15) is 32.4 Å². The molecule has 0 aromatic heterocycles. The van der Waals surface area contributed by atoms with Crippen LogP contribution in [-0.4, -0.2) is 37.0 Å². The van der Waals surface area contributed by atoms with E-state index in [2.05, 4.69) is 18.7 Å². The van der Waals surface area contributed by atoms with Crippen LogP contribution in [0.2, 0.25) is 0 Å². The molecule has 0 aliphatic carbocycles. The molecule has 0 radical (unpaired) electrons. The molecule has 0 saturated heterocycles. The summed E-state index contributed by atoms with van der Waals surface area (Å²) in [6.07, 6.45) is 0. The summed E-state index contributed by atoms with van der Waals surface area (Å²) in [5.74, 6) is 0.881. The van der Waals surface area contributed by atoms with Crippen LogP contribution >= 0.6 is 0 Å². The van der Waals surface area contributed by atoms with E-state index in [0.717, 1.165) is 17.9 Å². The maximum absolute atomic E-state index is 11.4. The molecule has 1 amide bonds. The molecule has 1 rings (SSSR count). The highest BCUT2D eigenvalue weighted by atomic mass is 16.5. The summed E-state index contributed by atoms with van der Waals surface area (Å²) in [7, 11) is 1.64. The molecule has 118 valence electrons. The summed E-state index contributed by atoms with van der Waals surface area (Å²) in [6.45, 7) is 7.14. The summed E-state index contributed by atoms with van der Waals surface area (Å²) in [5, 5.41) is 0. The lowest BCUT2D eigenvalue weighted by atomic mass is 9.97. The third-order valence-electron chi connectivity index (χ3n) is 3.31. The molecule has 0 heterocycles. The first-order valence-electron chi connectivity index (χ1n) is 7.27. The van der Waals surface area contributed by atoms with Gasteiger partial charge in [-0.3, -0.25) is 9.69 Å². The molecule has 4 N–H and O–H groups in total. The van der Waals surface area contributed by atoms with Crippen LogP contribution in [0.3, 0.4) is 0 Å². The lowest BCUT2D eigenvalue weighted by Gasteiger charge is -2.35. The zero-order chi connectivity index (χ0) is 16.0. The van der Waals surface area contributed by atoms with Gasteiger partial charge in [-0.1, -0.05) is 26.0 Å².